The molecule has 1 saturated heterocycles. The number of fused-ring (bicyclic) bond motifs is 1. The number of nitrogens with zero attached hydrogens (tertiary/aromatic N) is 2. The number of benzene rings is 3. The number of nitrogens with one attached hydrogen (secondary N) is 4. The summed E-state index contributed by atoms with van der Waals surface area (Å²) in [4.78, 5) is 45.6. The molecule has 4 aromatic rings. The molecule has 230 valence electrons. The van der Waals surface area contributed by atoms with Crippen LogP contribution in [0.4, 0.5) is 22.7 Å². The van der Waals surface area contributed by atoms with Crippen LogP contribution >= 0.6 is 0 Å². The second-order valence-corrected chi connectivity index (χ2v) is 11.6. The molecule has 0 atom stereocenters. The van der Waals surface area contributed by atoms with Crippen LogP contribution in [0, 0.1) is 13.8 Å². The topological polar surface area (TPSA) is 130 Å². The highest BCUT2D eigenvalue weighted by atomic mass is 16.4. The average molecular weight is 605 g/mol. The maximum Gasteiger partial charge on any atom is 0.337 e. The largest absolute Gasteiger partial charge is 0.478 e. The van der Waals surface area contributed by atoms with Crippen molar-refractivity contribution in [3.8, 4) is 0 Å². The second kappa shape index (κ2) is 12.4. The Morgan fingerprint density at radius 2 is 1.67 bits per heavy atom. The molecule has 10 heteroatoms. The van der Waals surface area contributed by atoms with Crippen molar-refractivity contribution in [2.24, 2.45) is 0 Å². The fraction of sp³-hybridized carbons (Fsp3) is 0.229. The van der Waals surface area contributed by atoms with Gasteiger partial charge in [-0.3, -0.25) is 14.5 Å². The molecule has 3 aromatic carbocycles. The third-order valence-electron chi connectivity index (χ3n) is 8.43. The lowest BCUT2D eigenvalue weighted by molar-refractivity contribution is -0.110. The SMILES string of the molecule is Cc1[nH]c(/C=C2\C(=O)Nc3c(Nc4cccc(NC(=O)c5ccc(CN6CCN(C)CC6)cc5)c4)cccc32)c(C)c1C(=O)O. The lowest BCUT2D eigenvalue weighted by atomic mass is 10.0. The average Bonchev–Trinajstić information content (AvgIpc) is 3.49. The molecule has 2 aliphatic heterocycles. The van der Waals surface area contributed by atoms with Gasteiger partial charge in [-0.25, -0.2) is 4.79 Å². The van der Waals surface area contributed by atoms with Crippen molar-refractivity contribution in [2.75, 3.05) is 49.2 Å². The first-order valence-electron chi connectivity index (χ1n) is 14.9. The molecule has 10 nitrogen and oxygen atoms in total. The maximum absolute atomic E-state index is 13.0. The van der Waals surface area contributed by atoms with Gasteiger partial charge in [-0.1, -0.05) is 30.3 Å². The van der Waals surface area contributed by atoms with E-state index in [4.69, 9.17) is 0 Å². The van der Waals surface area contributed by atoms with Crippen LogP contribution < -0.4 is 16.0 Å². The predicted octanol–water partition coefficient (Wildman–Crippen LogP) is 5.57. The van der Waals surface area contributed by atoms with Crippen molar-refractivity contribution in [1.29, 1.82) is 0 Å². The first kappa shape index (κ1) is 29.9. The fourth-order valence-electron chi connectivity index (χ4n) is 5.90. The lowest BCUT2D eigenvalue weighted by Crippen LogP contribution is -2.43. The number of amides is 2. The Bertz CT molecular complexity index is 1820. The van der Waals surface area contributed by atoms with Crippen LogP contribution in [0.1, 0.15) is 48.8 Å². The predicted molar refractivity (Wildman–Crippen MR) is 177 cm³/mol. The number of H-pyrrole nitrogens is 1. The number of carbonyl (C=O) groups is 3. The van der Waals surface area contributed by atoms with E-state index in [9.17, 15) is 19.5 Å². The number of aromatic carboxylic acids is 1. The molecule has 0 unspecified atom stereocenters. The van der Waals surface area contributed by atoms with Crippen molar-refractivity contribution in [3.05, 3.63) is 106 Å². The van der Waals surface area contributed by atoms with E-state index >= 15 is 0 Å². The van der Waals surface area contributed by atoms with E-state index in [0.29, 0.717) is 50.7 Å². The number of carboxylic acid groups (broad SMARTS) is 1. The van der Waals surface area contributed by atoms with Gasteiger partial charge in [-0.2, -0.15) is 0 Å². The van der Waals surface area contributed by atoms with Crippen molar-refractivity contribution in [2.45, 2.75) is 20.4 Å². The molecule has 0 spiro atoms. The molecule has 2 amide bonds. The van der Waals surface area contributed by atoms with Crippen molar-refractivity contribution >= 4 is 52.2 Å². The summed E-state index contributed by atoms with van der Waals surface area (Å²) in [6.07, 6.45) is 1.69. The third kappa shape index (κ3) is 6.38. The number of carboxylic acids is 1. The summed E-state index contributed by atoms with van der Waals surface area (Å²) in [6.45, 7) is 8.52. The Hall–Kier alpha value is -5.19. The van der Waals surface area contributed by atoms with E-state index in [1.807, 2.05) is 66.7 Å². The van der Waals surface area contributed by atoms with E-state index in [1.165, 1.54) is 5.56 Å². The minimum absolute atomic E-state index is 0.193. The Morgan fingerprint density at radius 1 is 0.956 bits per heavy atom. The van der Waals surface area contributed by atoms with Crippen LogP contribution in [0.2, 0.25) is 0 Å². The molecular weight excluding hydrogens is 568 g/mol. The van der Waals surface area contributed by atoms with Gasteiger partial charge in [0, 0.05) is 66.6 Å². The minimum atomic E-state index is -1.01. The summed E-state index contributed by atoms with van der Waals surface area (Å²) in [6, 6.07) is 20.7. The van der Waals surface area contributed by atoms with Crippen LogP contribution in [0.5, 0.6) is 0 Å². The second-order valence-electron chi connectivity index (χ2n) is 11.6. The number of para-hydroxylation sites is 1. The van der Waals surface area contributed by atoms with E-state index < -0.39 is 5.97 Å². The molecular formula is C35H36N6O4. The highest BCUT2D eigenvalue weighted by Gasteiger charge is 2.28. The number of likely N-dealkylation sites (N-methyl/N-ethyl adjacent to an activating group) is 1. The number of rotatable bonds is 8. The van der Waals surface area contributed by atoms with Gasteiger partial charge < -0.3 is 30.9 Å². The van der Waals surface area contributed by atoms with Gasteiger partial charge in [0.15, 0.2) is 0 Å². The Kier molecular flexibility index (Phi) is 8.25. The van der Waals surface area contributed by atoms with Gasteiger partial charge >= 0.3 is 5.97 Å². The molecule has 0 aliphatic carbocycles. The summed E-state index contributed by atoms with van der Waals surface area (Å²) >= 11 is 0. The van der Waals surface area contributed by atoms with Crippen LogP contribution in [-0.4, -0.2) is 70.9 Å². The van der Waals surface area contributed by atoms with E-state index in [2.05, 4.69) is 37.8 Å². The summed E-state index contributed by atoms with van der Waals surface area (Å²) in [5.74, 6) is -1.48. The molecule has 2 aliphatic rings. The molecule has 3 heterocycles. The summed E-state index contributed by atoms with van der Waals surface area (Å²) < 4.78 is 0. The monoisotopic (exact) mass is 604 g/mol. The van der Waals surface area contributed by atoms with Crippen molar-refractivity contribution in [1.82, 2.24) is 14.8 Å². The van der Waals surface area contributed by atoms with Crippen LogP contribution in [0.25, 0.3) is 11.6 Å². The zero-order chi connectivity index (χ0) is 31.7. The Morgan fingerprint density at radius 3 is 2.38 bits per heavy atom. The molecule has 1 aromatic heterocycles. The van der Waals surface area contributed by atoms with Gasteiger partial charge in [0.1, 0.15) is 0 Å². The van der Waals surface area contributed by atoms with Gasteiger partial charge in [0.2, 0.25) is 0 Å². The highest BCUT2D eigenvalue weighted by Crippen LogP contribution is 2.40. The highest BCUT2D eigenvalue weighted by molar-refractivity contribution is 6.36. The smallest absolute Gasteiger partial charge is 0.337 e. The molecule has 6 rings (SSSR count). The number of carbonyl (C=O) groups excluding carboxylic acids is 2. The Balaban J connectivity index is 1.15. The number of aryl methyl sites for hydroxylation is 1. The molecule has 1 fully saturated rings. The van der Waals surface area contributed by atoms with Crippen molar-refractivity contribution < 1.29 is 19.5 Å². The third-order valence-corrected chi connectivity index (χ3v) is 8.43. The summed E-state index contributed by atoms with van der Waals surface area (Å²) in [5.41, 5.74) is 7.48. The number of hydrogen-bond donors (Lipinski definition) is 5. The maximum atomic E-state index is 13.0. The molecule has 0 radical (unpaired) electrons. The number of anilines is 4. The van der Waals surface area contributed by atoms with Crippen molar-refractivity contribution in [3.63, 3.8) is 0 Å². The summed E-state index contributed by atoms with van der Waals surface area (Å²) in [7, 11) is 2.14. The van der Waals surface area contributed by atoms with Gasteiger partial charge in [-0.05, 0) is 74.5 Å². The standard InChI is InChI=1S/C35H36N6O4/c1-21-30(36-22(2)31(21)35(44)45)19-28-27-8-5-9-29(32(27)39-34(28)43)37-25-6-4-7-26(18-25)38-33(42)24-12-10-23(11-13-24)20-41-16-14-40(3)15-17-41/h4-13,18-19,36-37H,14-17,20H2,1-3H3,(H,38,42)(H,39,43)(H,44,45)/b28-19-. The first-order chi connectivity index (χ1) is 21.7. The van der Waals surface area contributed by atoms with Crippen LogP contribution in [0.15, 0.2) is 66.7 Å². The lowest BCUT2D eigenvalue weighted by Gasteiger charge is -2.32. The molecule has 45 heavy (non-hydrogen) atoms. The van der Waals surface area contributed by atoms with E-state index in [-0.39, 0.29) is 17.4 Å². The molecule has 0 saturated carbocycles. The fourth-order valence-corrected chi connectivity index (χ4v) is 5.90. The number of piperazine rings is 1. The van der Waals surface area contributed by atoms with E-state index in [1.54, 1.807) is 19.9 Å². The normalized spacial score (nSPS) is 16.0. The quantitative estimate of drug-likeness (QED) is 0.166. The summed E-state index contributed by atoms with van der Waals surface area (Å²) in [5, 5.41) is 18.8. The molecule has 0 bridgehead atoms. The number of aromatic nitrogens is 1. The first-order valence-corrected chi connectivity index (χ1v) is 14.9. The van der Waals surface area contributed by atoms with Crippen LogP contribution in [-0.2, 0) is 11.3 Å². The van der Waals surface area contributed by atoms with E-state index in [0.717, 1.165) is 38.4 Å². The molecule has 5 N–H and O–H groups in total. The van der Waals surface area contributed by atoms with Crippen LogP contribution in [0.3, 0.4) is 0 Å². The Labute approximate surface area is 261 Å². The number of aromatic amines is 1. The minimum Gasteiger partial charge on any atom is -0.478 e. The zero-order valence-corrected chi connectivity index (χ0v) is 25.5. The van der Waals surface area contributed by atoms with Gasteiger partial charge in [0.25, 0.3) is 11.8 Å². The van der Waals surface area contributed by atoms with Gasteiger partial charge in [0.05, 0.1) is 22.5 Å². The van der Waals surface area contributed by atoms with Gasteiger partial charge in [-0.15, -0.1) is 0 Å². The zero-order valence-electron chi connectivity index (χ0n) is 25.5. The number of hydrogen-bond acceptors (Lipinski definition) is 6.